The third kappa shape index (κ3) is 3.88. The van der Waals surface area contributed by atoms with Gasteiger partial charge in [-0.1, -0.05) is 53.8 Å². The van der Waals surface area contributed by atoms with Gasteiger partial charge in [0.1, 0.15) is 5.75 Å². The predicted molar refractivity (Wildman–Crippen MR) is 136 cm³/mol. The van der Waals surface area contributed by atoms with Gasteiger partial charge in [0.2, 0.25) is 10.7 Å². The molecule has 0 radical (unpaired) electrons. The van der Waals surface area contributed by atoms with Crippen molar-refractivity contribution in [1.82, 2.24) is 9.13 Å². The van der Waals surface area contributed by atoms with Gasteiger partial charge in [0, 0.05) is 17.8 Å². The summed E-state index contributed by atoms with van der Waals surface area (Å²) in [5.41, 5.74) is 2.10. The summed E-state index contributed by atoms with van der Waals surface area (Å²) in [6.07, 6.45) is 1.51. The van der Waals surface area contributed by atoms with Gasteiger partial charge >= 0.3 is 0 Å². The number of fused-ring (bicyclic) bond motifs is 2. The zero-order valence-corrected chi connectivity index (χ0v) is 19.5. The molecule has 170 valence electrons. The van der Waals surface area contributed by atoms with E-state index < -0.39 is 0 Å². The van der Waals surface area contributed by atoms with Crippen molar-refractivity contribution in [2.45, 2.75) is 6.54 Å². The van der Waals surface area contributed by atoms with Crippen LogP contribution in [0, 0.1) is 0 Å². The van der Waals surface area contributed by atoms with Gasteiger partial charge < -0.3 is 14.4 Å². The van der Waals surface area contributed by atoms with E-state index in [2.05, 4.69) is 10.2 Å². The Kier molecular flexibility index (Phi) is 5.73. The third-order valence-corrected chi connectivity index (χ3v) is 6.84. The molecule has 3 aromatic carbocycles. The molecule has 0 saturated carbocycles. The molecule has 0 spiro atoms. The molecule has 5 rings (SSSR count). The summed E-state index contributed by atoms with van der Waals surface area (Å²) in [5, 5.41) is 20.9. The van der Waals surface area contributed by atoms with Crippen LogP contribution in [0.3, 0.4) is 0 Å². The number of aromatic nitrogens is 2. The van der Waals surface area contributed by atoms with E-state index in [1.54, 1.807) is 25.3 Å². The number of thiazole rings is 1. The number of hydrogen-bond acceptors (Lipinski definition) is 6. The minimum atomic E-state index is -0.270. The van der Waals surface area contributed by atoms with E-state index in [0.717, 1.165) is 26.3 Å². The smallest absolute Gasteiger partial charge is 0.261 e. The summed E-state index contributed by atoms with van der Waals surface area (Å²) in [5.74, 6) is 0.571. The van der Waals surface area contributed by atoms with Crippen LogP contribution in [0.4, 0.5) is 0 Å². The van der Waals surface area contributed by atoms with Gasteiger partial charge in [-0.2, -0.15) is 5.10 Å². The van der Waals surface area contributed by atoms with Crippen LogP contribution in [0.5, 0.6) is 11.6 Å². The normalized spacial score (nSPS) is 12.2. The van der Waals surface area contributed by atoms with E-state index in [-0.39, 0.29) is 18.0 Å². The molecule has 0 aliphatic carbocycles. The van der Waals surface area contributed by atoms with Crippen molar-refractivity contribution < 1.29 is 9.84 Å². The monoisotopic (exact) mass is 470 g/mol. The lowest BCUT2D eigenvalue weighted by Crippen LogP contribution is -2.22. The fourth-order valence-corrected chi connectivity index (χ4v) is 4.89. The summed E-state index contributed by atoms with van der Waals surface area (Å²) in [6, 6.07) is 22.6. The van der Waals surface area contributed by atoms with Gasteiger partial charge in [0.15, 0.2) is 0 Å². The first-order valence-corrected chi connectivity index (χ1v) is 11.5. The second-order valence-corrected chi connectivity index (χ2v) is 8.79. The van der Waals surface area contributed by atoms with Crippen molar-refractivity contribution in [2.75, 3.05) is 7.11 Å². The van der Waals surface area contributed by atoms with Gasteiger partial charge in [-0.25, -0.2) is 0 Å². The summed E-state index contributed by atoms with van der Waals surface area (Å²) < 4.78 is 9.64. The Bertz CT molecular complexity index is 1660. The van der Waals surface area contributed by atoms with Crippen molar-refractivity contribution in [3.05, 3.63) is 99.1 Å². The number of benzene rings is 3. The lowest BCUT2D eigenvalue weighted by molar-refractivity contribution is 0.412. The highest BCUT2D eigenvalue weighted by Gasteiger charge is 2.15. The van der Waals surface area contributed by atoms with Gasteiger partial charge in [-0.05, 0) is 35.9 Å². The maximum atomic E-state index is 13.2. The van der Waals surface area contributed by atoms with Crippen LogP contribution < -0.4 is 15.1 Å². The molecule has 34 heavy (non-hydrogen) atoms. The van der Waals surface area contributed by atoms with Crippen LogP contribution in [0.15, 0.2) is 87.8 Å². The molecule has 0 fully saturated rings. The molecule has 5 aromatic rings. The molecule has 0 unspecified atom stereocenters. The fourth-order valence-electron chi connectivity index (χ4n) is 3.91. The molecule has 0 amide bonds. The summed E-state index contributed by atoms with van der Waals surface area (Å²) >= 11 is 1.53. The van der Waals surface area contributed by atoms with Crippen LogP contribution in [0.1, 0.15) is 11.1 Å². The maximum absolute atomic E-state index is 13.2. The molecule has 0 saturated heterocycles. The van der Waals surface area contributed by atoms with Gasteiger partial charge in [0.05, 0.1) is 35.6 Å². The number of rotatable bonds is 5. The first-order valence-electron chi connectivity index (χ1n) is 10.7. The van der Waals surface area contributed by atoms with Crippen LogP contribution in [0.2, 0.25) is 0 Å². The summed E-state index contributed by atoms with van der Waals surface area (Å²) in [6.45, 7) is 0.211. The first kappa shape index (κ1) is 21.7. The minimum Gasteiger partial charge on any atom is -0.497 e. The topological polar surface area (TPSA) is 81.1 Å². The Morgan fingerprint density at radius 1 is 1.00 bits per heavy atom. The Labute approximate surface area is 199 Å². The number of aryl methyl sites for hydroxylation is 1. The van der Waals surface area contributed by atoms with Crippen LogP contribution in [-0.2, 0) is 13.6 Å². The number of aromatic hydroxyl groups is 1. The van der Waals surface area contributed by atoms with E-state index in [1.165, 1.54) is 22.1 Å². The predicted octanol–water partition coefficient (Wildman–Crippen LogP) is 4.25. The number of hydrogen-bond donors (Lipinski definition) is 1. The zero-order chi connectivity index (χ0) is 23.7. The van der Waals surface area contributed by atoms with Crippen molar-refractivity contribution in [3.63, 3.8) is 0 Å². The fraction of sp³-hybridized carbons (Fsp3) is 0.115. The first-order chi connectivity index (χ1) is 16.6. The van der Waals surface area contributed by atoms with E-state index in [1.807, 2.05) is 66.2 Å². The molecule has 0 aliphatic rings. The Morgan fingerprint density at radius 2 is 1.71 bits per heavy atom. The highest BCUT2D eigenvalue weighted by molar-refractivity contribution is 7.16. The van der Waals surface area contributed by atoms with Crippen molar-refractivity contribution in [3.8, 4) is 11.6 Å². The van der Waals surface area contributed by atoms with Gasteiger partial charge in [0.25, 0.3) is 5.56 Å². The standard InChI is InChI=1S/C26H22N4O3S/c1-29-22-9-5-6-10-23(22)34-26(29)28-27-15-21-19-7-3-4-8-20(19)24(31)30(25(21)32)16-17-11-13-18(33-2)14-12-17/h3-15,32H,16H2,1-2H3/b27-15?,28-26-. The summed E-state index contributed by atoms with van der Waals surface area (Å²) in [4.78, 5) is 13.9. The SMILES string of the molecule is COc1ccc(Cn2c(O)c(C=N/N=c3\sc4ccccc4n3C)c3ccccc3c2=O)cc1. The number of nitrogens with zero attached hydrogens (tertiary/aromatic N) is 4. The molecule has 1 N–H and O–H groups in total. The molecular formula is C26H22N4O3S. The van der Waals surface area contributed by atoms with Crippen molar-refractivity contribution >= 4 is 38.5 Å². The number of methoxy groups -OCH3 is 1. The summed E-state index contributed by atoms with van der Waals surface area (Å²) in [7, 11) is 3.54. The van der Waals surface area contributed by atoms with E-state index in [9.17, 15) is 9.90 Å². The quantitative estimate of drug-likeness (QED) is 0.308. The molecule has 0 aliphatic heterocycles. The lowest BCUT2D eigenvalue weighted by Gasteiger charge is -2.13. The minimum absolute atomic E-state index is 0.154. The molecule has 0 bridgehead atoms. The van der Waals surface area contributed by atoms with Crippen LogP contribution >= 0.6 is 11.3 Å². The molecule has 2 aromatic heterocycles. The average Bonchev–Trinajstić information content (AvgIpc) is 3.19. The molecule has 8 heteroatoms. The molecular weight excluding hydrogens is 448 g/mol. The molecule has 2 heterocycles. The second-order valence-electron chi connectivity index (χ2n) is 7.78. The average molecular weight is 471 g/mol. The number of para-hydroxylation sites is 1. The molecule has 0 atom stereocenters. The molecule has 7 nitrogen and oxygen atoms in total. The largest absolute Gasteiger partial charge is 0.497 e. The Hall–Kier alpha value is -4.17. The highest BCUT2D eigenvalue weighted by Crippen LogP contribution is 2.24. The van der Waals surface area contributed by atoms with Crippen LogP contribution in [0.25, 0.3) is 21.0 Å². The number of pyridine rings is 1. The second kappa shape index (κ2) is 8.99. The van der Waals surface area contributed by atoms with Gasteiger partial charge in [-0.3, -0.25) is 9.36 Å². The highest BCUT2D eigenvalue weighted by atomic mass is 32.1. The number of ether oxygens (including phenoxy) is 1. The third-order valence-electron chi connectivity index (χ3n) is 5.73. The lowest BCUT2D eigenvalue weighted by atomic mass is 10.1. The Morgan fingerprint density at radius 3 is 2.44 bits per heavy atom. The zero-order valence-electron chi connectivity index (χ0n) is 18.7. The van der Waals surface area contributed by atoms with E-state index in [4.69, 9.17) is 4.74 Å². The maximum Gasteiger partial charge on any atom is 0.261 e. The van der Waals surface area contributed by atoms with E-state index in [0.29, 0.717) is 16.3 Å². The van der Waals surface area contributed by atoms with E-state index >= 15 is 0 Å². The van der Waals surface area contributed by atoms with Crippen molar-refractivity contribution in [2.24, 2.45) is 17.3 Å². The van der Waals surface area contributed by atoms with Gasteiger partial charge in [-0.15, -0.1) is 5.10 Å². The Balaban J connectivity index is 1.61. The van der Waals surface area contributed by atoms with Crippen LogP contribution in [-0.4, -0.2) is 27.6 Å². The van der Waals surface area contributed by atoms with Crippen molar-refractivity contribution in [1.29, 1.82) is 0 Å².